The van der Waals surface area contributed by atoms with Gasteiger partial charge in [0.05, 0.1) is 11.5 Å². The van der Waals surface area contributed by atoms with E-state index in [1.807, 2.05) is 9.80 Å². The maximum atomic E-state index is 12.9. The van der Waals surface area contributed by atoms with Crippen LogP contribution < -0.4 is 0 Å². The van der Waals surface area contributed by atoms with Gasteiger partial charge in [-0.05, 0) is 39.2 Å². The number of nitro benzene ring substituents is 1. The molecule has 3 rings (SSSR count). The molecular formula is C19H28N4O5S. The molecule has 0 aliphatic carbocycles. The maximum absolute atomic E-state index is 12.9. The van der Waals surface area contributed by atoms with Crippen LogP contribution in [0.1, 0.15) is 33.1 Å². The quantitative estimate of drug-likeness (QED) is 0.526. The van der Waals surface area contributed by atoms with Crippen LogP contribution in [0.3, 0.4) is 0 Å². The summed E-state index contributed by atoms with van der Waals surface area (Å²) >= 11 is 0. The van der Waals surface area contributed by atoms with E-state index < -0.39 is 20.6 Å². The van der Waals surface area contributed by atoms with Gasteiger partial charge in [0.1, 0.15) is 0 Å². The third-order valence-electron chi connectivity index (χ3n) is 5.85. The summed E-state index contributed by atoms with van der Waals surface area (Å²) in [7, 11) is -3.96. The van der Waals surface area contributed by atoms with Gasteiger partial charge in [-0.2, -0.15) is 4.31 Å². The van der Waals surface area contributed by atoms with Gasteiger partial charge in [0.15, 0.2) is 4.90 Å². The van der Waals surface area contributed by atoms with Crippen molar-refractivity contribution in [1.29, 1.82) is 0 Å². The highest BCUT2D eigenvalue weighted by atomic mass is 32.2. The van der Waals surface area contributed by atoms with E-state index in [1.54, 1.807) is 0 Å². The fraction of sp³-hybridized carbons (Fsp3) is 0.632. The monoisotopic (exact) mass is 424 g/mol. The van der Waals surface area contributed by atoms with Crippen molar-refractivity contribution in [1.82, 2.24) is 14.1 Å². The molecule has 0 unspecified atom stereocenters. The van der Waals surface area contributed by atoms with E-state index in [9.17, 15) is 23.3 Å². The zero-order chi connectivity index (χ0) is 21.2. The van der Waals surface area contributed by atoms with Crippen LogP contribution in [0, 0.1) is 10.1 Å². The summed E-state index contributed by atoms with van der Waals surface area (Å²) in [6, 6.07) is 5.85. The maximum Gasteiger partial charge on any atom is 0.289 e. The summed E-state index contributed by atoms with van der Waals surface area (Å²) in [6.07, 6.45) is 3.16. The zero-order valence-electron chi connectivity index (χ0n) is 16.9. The van der Waals surface area contributed by atoms with Crippen LogP contribution in [0.15, 0.2) is 29.2 Å². The first kappa shape index (κ1) is 21.7. The van der Waals surface area contributed by atoms with Crippen molar-refractivity contribution in [2.75, 3.05) is 32.7 Å². The van der Waals surface area contributed by atoms with Crippen molar-refractivity contribution in [3.63, 3.8) is 0 Å². The lowest BCUT2D eigenvalue weighted by atomic mass is 9.97. The molecule has 0 spiro atoms. The third kappa shape index (κ3) is 4.59. The number of carbonyl (C=O) groups excluding carboxylic acids is 1. The molecule has 1 amide bonds. The van der Waals surface area contributed by atoms with Crippen molar-refractivity contribution in [2.45, 2.75) is 50.1 Å². The topological polar surface area (TPSA) is 104 Å². The molecule has 2 atom stereocenters. The van der Waals surface area contributed by atoms with E-state index in [4.69, 9.17) is 0 Å². The van der Waals surface area contributed by atoms with Crippen LogP contribution in [0.5, 0.6) is 0 Å². The Morgan fingerprint density at radius 3 is 2.28 bits per heavy atom. The second-order valence-electron chi connectivity index (χ2n) is 7.84. The average molecular weight is 425 g/mol. The molecule has 0 saturated carbocycles. The first-order valence-electron chi connectivity index (χ1n) is 9.99. The number of sulfonamides is 1. The summed E-state index contributed by atoms with van der Waals surface area (Å²) in [5.74, 6) is 0.0831. The summed E-state index contributed by atoms with van der Waals surface area (Å²) in [5.41, 5.74) is -0.418. The number of rotatable bonds is 5. The number of carbonyl (C=O) groups is 1. The third-order valence-corrected chi connectivity index (χ3v) is 7.80. The van der Waals surface area contributed by atoms with E-state index in [2.05, 4.69) is 13.8 Å². The number of benzene rings is 1. The molecule has 29 heavy (non-hydrogen) atoms. The molecule has 2 saturated heterocycles. The van der Waals surface area contributed by atoms with Crippen LogP contribution in [0.2, 0.25) is 0 Å². The first-order chi connectivity index (χ1) is 13.7. The largest absolute Gasteiger partial charge is 0.336 e. The smallest absolute Gasteiger partial charge is 0.289 e. The molecule has 0 aromatic heterocycles. The summed E-state index contributed by atoms with van der Waals surface area (Å²) in [6.45, 7) is 5.66. The Balaban J connectivity index is 1.63. The lowest BCUT2D eigenvalue weighted by Crippen LogP contribution is -2.54. The number of amides is 1. The molecule has 0 bridgehead atoms. The van der Waals surface area contributed by atoms with E-state index in [0.29, 0.717) is 13.1 Å². The lowest BCUT2D eigenvalue weighted by Gasteiger charge is -2.41. The van der Waals surface area contributed by atoms with Crippen molar-refractivity contribution >= 4 is 21.6 Å². The van der Waals surface area contributed by atoms with Gasteiger partial charge in [-0.15, -0.1) is 0 Å². The van der Waals surface area contributed by atoms with E-state index in [-0.39, 0.29) is 42.5 Å². The molecule has 2 aliphatic rings. The minimum Gasteiger partial charge on any atom is -0.336 e. The average Bonchev–Trinajstić information content (AvgIpc) is 2.68. The number of nitrogens with zero attached hydrogens (tertiary/aromatic N) is 4. The molecule has 1 aromatic carbocycles. The van der Waals surface area contributed by atoms with Crippen LogP contribution >= 0.6 is 0 Å². The molecule has 2 heterocycles. The zero-order valence-corrected chi connectivity index (χ0v) is 17.7. The van der Waals surface area contributed by atoms with Gasteiger partial charge in [0.2, 0.25) is 15.9 Å². The normalized spacial score (nSPS) is 24.4. The van der Waals surface area contributed by atoms with Crippen LogP contribution in [-0.2, 0) is 14.8 Å². The Morgan fingerprint density at radius 1 is 1.10 bits per heavy atom. The highest BCUT2D eigenvalue weighted by Gasteiger charge is 2.35. The number of para-hydroxylation sites is 1. The first-order valence-corrected chi connectivity index (χ1v) is 11.4. The Bertz CT molecular complexity index is 857. The van der Waals surface area contributed by atoms with Crippen molar-refractivity contribution < 1.29 is 18.1 Å². The molecule has 1 aromatic rings. The predicted molar refractivity (Wildman–Crippen MR) is 108 cm³/mol. The van der Waals surface area contributed by atoms with E-state index in [0.717, 1.165) is 19.3 Å². The fourth-order valence-corrected chi connectivity index (χ4v) is 5.86. The van der Waals surface area contributed by atoms with Gasteiger partial charge in [-0.1, -0.05) is 12.1 Å². The van der Waals surface area contributed by atoms with Gasteiger partial charge in [-0.3, -0.25) is 19.8 Å². The second kappa shape index (κ2) is 8.76. The predicted octanol–water partition coefficient (Wildman–Crippen LogP) is 1.69. The molecule has 0 N–H and O–H groups in total. The Labute approximate surface area is 171 Å². The molecule has 9 nitrogen and oxygen atoms in total. The molecule has 2 aliphatic heterocycles. The summed E-state index contributed by atoms with van der Waals surface area (Å²) in [4.78, 5) is 26.9. The van der Waals surface area contributed by atoms with Crippen LogP contribution in [-0.4, -0.2) is 78.2 Å². The Hall–Kier alpha value is -2.04. The highest BCUT2D eigenvalue weighted by Crippen LogP contribution is 2.27. The lowest BCUT2D eigenvalue weighted by molar-refractivity contribution is -0.387. The van der Waals surface area contributed by atoms with E-state index >= 15 is 0 Å². The number of likely N-dealkylation sites (tertiary alicyclic amines) is 1. The summed E-state index contributed by atoms with van der Waals surface area (Å²) in [5, 5.41) is 11.2. The van der Waals surface area contributed by atoms with E-state index in [1.165, 1.54) is 28.6 Å². The number of nitro groups is 1. The van der Waals surface area contributed by atoms with Crippen LogP contribution in [0.4, 0.5) is 5.69 Å². The molecule has 0 radical (unpaired) electrons. The molecule has 2 fully saturated rings. The van der Waals surface area contributed by atoms with Crippen molar-refractivity contribution in [2.24, 2.45) is 0 Å². The molecule has 10 heteroatoms. The number of hydrogen-bond acceptors (Lipinski definition) is 6. The molecular weight excluding hydrogens is 396 g/mol. The van der Waals surface area contributed by atoms with Gasteiger partial charge in [0, 0.05) is 44.3 Å². The van der Waals surface area contributed by atoms with Crippen LogP contribution in [0.25, 0.3) is 0 Å². The standard InChI is InChI=1S/C19H28N4O5S/c1-15-6-5-7-16(2)22(15)19(24)14-20-10-12-21(13-11-20)29(27,28)18-9-4-3-8-17(18)23(25)26/h3-4,8-9,15-16H,5-7,10-14H2,1-2H3/t15-,16-/m0/s1. The Kier molecular flexibility index (Phi) is 6.55. The highest BCUT2D eigenvalue weighted by molar-refractivity contribution is 7.89. The van der Waals surface area contributed by atoms with Gasteiger partial charge in [-0.25, -0.2) is 8.42 Å². The number of piperazine rings is 1. The second-order valence-corrected chi connectivity index (χ2v) is 9.74. The Morgan fingerprint density at radius 2 is 1.69 bits per heavy atom. The fourth-order valence-electron chi connectivity index (χ4n) is 4.28. The molecule has 160 valence electrons. The minimum atomic E-state index is -3.96. The minimum absolute atomic E-state index is 0.0831. The number of hydrogen-bond donors (Lipinski definition) is 0. The van der Waals surface area contributed by atoms with Gasteiger partial charge in [0.25, 0.3) is 5.69 Å². The number of piperidine rings is 1. The van der Waals surface area contributed by atoms with Crippen molar-refractivity contribution in [3.05, 3.63) is 34.4 Å². The van der Waals surface area contributed by atoms with Crippen molar-refractivity contribution in [3.8, 4) is 0 Å². The summed E-state index contributed by atoms with van der Waals surface area (Å²) < 4.78 is 27.1. The van der Waals surface area contributed by atoms with Gasteiger partial charge >= 0.3 is 0 Å². The van der Waals surface area contributed by atoms with Gasteiger partial charge < -0.3 is 4.90 Å². The SMILES string of the molecule is C[C@H]1CCC[C@H](C)N1C(=O)CN1CCN(S(=O)(=O)c2ccccc2[N+](=O)[O-])CC1.